The Morgan fingerprint density at radius 3 is 1.41 bits per heavy atom. The molecule has 0 aliphatic rings. The molecular weight excluding hydrogens is 340 g/mol. The Hall–Kier alpha value is -2.82. The second kappa shape index (κ2) is 7.82. The maximum atomic E-state index is 12.1. The summed E-state index contributed by atoms with van der Waals surface area (Å²) in [4.78, 5) is 24.3. The molecule has 2 rings (SSSR count). The summed E-state index contributed by atoms with van der Waals surface area (Å²) >= 11 is 0. The first-order valence-corrected chi connectivity index (χ1v) is 8.96. The Labute approximate surface area is 161 Å². The molecule has 2 aromatic carbocycles. The Balaban J connectivity index is 2.11. The van der Waals surface area contributed by atoms with Crippen molar-refractivity contribution in [3.8, 4) is 11.5 Å². The van der Waals surface area contributed by atoms with E-state index in [9.17, 15) is 9.59 Å². The van der Waals surface area contributed by atoms with Crippen LogP contribution >= 0.6 is 0 Å². The van der Waals surface area contributed by atoms with Crippen LogP contribution in [-0.2, 0) is 9.59 Å². The van der Waals surface area contributed by atoms with Gasteiger partial charge in [0.2, 0.25) is 11.8 Å². The number of rotatable bonds is 4. The van der Waals surface area contributed by atoms with E-state index in [1.54, 1.807) is 12.1 Å². The van der Waals surface area contributed by atoms with Crippen molar-refractivity contribution < 1.29 is 14.3 Å². The fourth-order valence-electron chi connectivity index (χ4n) is 2.05. The van der Waals surface area contributed by atoms with Crippen LogP contribution in [0.5, 0.6) is 11.5 Å². The van der Waals surface area contributed by atoms with Crippen molar-refractivity contribution in [3.63, 3.8) is 0 Å². The molecule has 2 N–H and O–H groups in total. The third kappa shape index (κ3) is 6.13. The summed E-state index contributed by atoms with van der Waals surface area (Å²) in [6.07, 6.45) is 0. The average molecular weight is 368 g/mol. The van der Waals surface area contributed by atoms with E-state index < -0.39 is 10.8 Å². The molecular formula is C22H28N2O3. The minimum Gasteiger partial charge on any atom is -0.457 e. The van der Waals surface area contributed by atoms with E-state index in [-0.39, 0.29) is 11.8 Å². The van der Waals surface area contributed by atoms with Crippen LogP contribution in [0.3, 0.4) is 0 Å². The molecule has 2 amide bonds. The SMILES string of the molecule is CC(C)(C)C(=O)Nc1cccc(Oc2cccc(NC(=O)C(C)(C)C)c2)c1. The molecule has 0 fully saturated rings. The lowest BCUT2D eigenvalue weighted by Gasteiger charge is -2.18. The molecule has 0 atom stereocenters. The predicted molar refractivity (Wildman–Crippen MR) is 109 cm³/mol. The average Bonchev–Trinajstić information content (AvgIpc) is 2.53. The van der Waals surface area contributed by atoms with Crippen molar-refractivity contribution >= 4 is 23.2 Å². The Morgan fingerprint density at radius 1 is 0.704 bits per heavy atom. The van der Waals surface area contributed by atoms with Gasteiger partial charge in [0.1, 0.15) is 11.5 Å². The van der Waals surface area contributed by atoms with Crippen LogP contribution in [0.2, 0.25) is 0 Å². The molecule has 0 radical (unpaired) electrons. The number of hydrogen-bond acceptors (Lipinski definition) is 3. The second-order valence-electron chi connectivity index (χ2n) is 8.57. The third-order valence-corrected chi connectivity index (χ3v) is 3.78. The van der Waals surface area contributed by atoms with Crippen molar-refractivity contribution in [2.75, 3.05) is 10.6 Å². The lowest BCUT2D eigenvalue weighted by Crippen LogP contribution is -2.27. The van der Waals surface area contributed by atoms with Crippen molar-refractivity contribution in [2.45, 2.75) is 41.5 Å². The van der Waals surface area contributed by atoms with Gasteiger partial charge in [-0.3, -0.25) is 9.59 Å². The van der Waals surface area contributed by atoms with Gasteiger partial charge in [0, 0.05) is 34.3 Å². The molecule has 0 saturated carbocycles. The molecule has 0 aliphatic carbocycles. The van der Waals surface area contributed by atoms with E-state index in [0.717, 1.165) is 0 Å². The lowest BCUT2D eigenvalue weighted by molar-refractivity contribution is -0.123. The molecule has 0 unspecified atom stereocenters. The first-order chi connectivity index (χ1) is 12.4. The van der Waals surface area contributed by atoms with Gasteiger partial charge in [-0.2, -0.15) is 0 Å². The van der Waals surface area contributed by atoms with Crippen LogP contribution in [0.4, 0.5) is 11.4 Å². The smallest absolute Gasteiger partial charge is 0.229 e. The molecule has 5 heteroatoms. The van der Waals surface area contributed by atoms with Gasteiger partial charge in [-0.1, -0.05) is 53.7 Å². The van der Waals surface area contributed by atoms with Gasteiger partial charge in [-0.25, -0.2) is 0 Å². The van der Waals surface area contributed by atoms with Gasteiger partial charge in [-0.05, 0) is 24.3 Å². The molecule has 0 saturated heterocycles. The molecule has 27 heavy (non-hydrogen) atoms. The summed E-state index contributed by atoms with van der Waals surface area (Å²) in [7, 11) is 0. The van der Waals surface area contributed by atoms with Gasteiger partial charge in [0.05, 0.1) is 0 Å². The zero-order valence-electron chi connectivity index (χ0n) is 16.8. The number of anilines is 2. The highest BCUT2D eigenvalue weighted by molar-refractivity contribution is 5.95. The van der Waals surface area contributed by atoms with Crippen LogP contribution in [0, 0.1) is 10.8 Å². The fraction of sp³-hybridized carbons (Fsp3) is 0.364. The number of hydrogen-bond donors (Lipinski definition) is 2. The molecule has 0 aromatic heterocycles. The van der Waals surface area contributed by atoms with Crippen molar-refractivity contribution in [1.29, 1.82) is 0 Å². The minimum absolute atomic E-state index is 0.0634. The van der Waals surface area contributed by atoms with Gasteiger partial charge in [0.25, 0.3) is 0 Å². The highest BCUT2D eigenvalue weighted by atomic mass is 16.5. The van der Waals surface area contributed by atoms with Crippen LogP contribution in [0.25, 0.3) is 0 Å². The highest BCUT2D eigenvalue weighted by Gasteiger charge is 2.22. The summed E-state index contributed by atoms with van der Waals surface area (Å²) in [5, 5.41) is 5.77. The number of carbonyl (C=O) groups is 2. The van der Waals surface area contributed by atoms with Crippen LogP contribution in [-0.4, -0.2) is 11.8 Å². The molecule has 0 bridgehead atoms. The fourth-order valence-corrected chi connectivity index (χ4v) is 2.05. The second-order valence-corrected chi connectivity index (χ2v) is 8.57. The van der Waals surface area contributed by atoms with E-state index in [1.807, 2.05) is 77.9 Å². The highest BCUT2D eigenvalue weighted by Crippen LogP contribution is 2.28. The van der Waals surface area contributed by atoms with E-state index in [4.69, 9.17) is 4.74 Å². The number of benzene rings is 2. The van der Waals surface area contributed by atoms with Gasteiger partial charge < -0.3 is 15.4 Å². The monoisotopic (exact) mass is 368 g/mol. The van der Waals surface area contributed by atoms with Crippen molar-refractivity contribution in [2.24, 2.45) is 10.8 Å². The number of ether oxygens (including phenoxy) is 1. The molecule has 5 nitrogen and oxygen atoms in total. The minimum atomic E-state index is -0.476. The normalized spacial score (nSPS) is 11.6. The molecule has 0 aliphatic heterocycles. The van der Waals surface area contributed by atoms with Gasteiger partial charge >= 0.3 is 0 Å². The predicted octanol–water partition coefficient (Wildman–Crippen LogP) is 5.45. The summed E-state index contributed by atoms with van der Waals surface area (Å²) in [6, 6.07) is 14.4. The first-order valence-electron chi connectivity index (χ1n) is 8.96. The standard InChI is InChI=1S/C22H28N2O3/c1-21(2,3)19(25)23-15-9-7-11-17(13-15)27-18-12-8-10-16(14-18)24-20(26)22(4,5)6/h7-14H,1-6H3,(H,23,25)(H,24,26). The van der Waals surface area contributed by atoms with E-state index >= 15 is 0 Å². The molecule has 0 heterocycles. The lowest BCUT2D eigenvalue weighted by atomic mass is 9.95. The zero-order chi connectivity index (χ0) is 20.2. The summed E-state index contributed by atoms with van der Waals surface area (Å²) in [5.74, 6) is 1.07. The number of nitrogens with one attached hydrogen (secondary N) is 2. The largest absolute Gasteiger partial charge is 0.457 e. The number of carbonyl (C=O) groups excluding carboxylic acids is 2. The molecule has 144 valence electrons. The van der Waals surface area contributed by atoms with E-state index in [2.05, 4.69) is 10.6 Å². The summed E-state index contributed by atoms with van der Waals surface area (Å²) in [6.45, 7) is 11.2. The van der Waals surface area contributed by atoms with Crippen molar-refractivity contribution in [1.82, 2.24) is 0 Å². The molecule has 0 spiro atoms. The summed E-state index contributed by atoms with van der Waals surface area (Å²) < 4.78 is 5.89. The third-order valence-electron chi connectivity index (χ3n) is 3.78. The maximum Gasteiger partial charge on any atom is 0.229 e. The quantitative estimate of drug-likeness (QED) is 0.754. The zero-order valence-corrected chi connectivity index (χ0v) is 16.8. The van der Waals surface area contributed by atoms with E-state index in [0.29, 0.717) is 22.9 Å². The van der Waals surface area contributed by atoms with Crippen LogP contribution < -0.4 is 15.4 Å². The van der Waals surface area contributed by atoms with E-state index in [1.165, 1.54) is 0 Å². The Bertz CT molecular complexity index is 760. The molecule has 2 aromatic rings. The Kier molecular flexibility index (Phi) is 5.94. The maximum absolute atomic E-state index is 12.1. The summed E-state index contributed by atoms with van der Waals surface area (Å²) in [5.41, 5.74) is 0.390. The van der Waals surface area contributed by atoms with Crippen LogP contribution in [0.15, 0.2) is 48.5 Å². The topological polar surface area (TPSA) is 67.4 Å². The van der Waals surface area contributed by atoms with Crippen LogP contribution in [0.1, 0.15) is 41.5 Å². The first kappa shape index (κ1) is 20.5. The van der Waals surface area contributed by atoms with Crippen molar-refractivity contribution in [3.05, 3.63) is 48.5 Å². The number of amides is 2. The Morgan fingerprint density at radius 2 is 1.07 bits per heavy atom. The van der Waals surface area contributed by atoms with Gasteiger partial charge in [0.15, 0.2) is 0 Å². The van der Waals surface area contributed by atoms with Gasteiger partial charge in [-0.15, -0.1) is 0 Å².